The van der Waals surface area contributed by atoms with Crippen LogP contribution in [0.3, 0.4) is 0 Å². The number of methoxy groups -OCH3 is 1. The van der Waals surface area contributed by atoms with Gasteiger partial charge in [-0.3, -0.25) is 9.69 Å². The van der Waals surface area contributed by atoms with Crippen molar-refractivity contribution in [2.45, 2.75) is 25.5 Å². The molecule has 7 nitrogen and oxygen atoms in total. The third kappa shape index (κ3) is 3.33. The van der Waals surface area contributed by atoms with Gasteiger partial charge in [-0.15, -0.1) is 0 Å². The SMILES string of the molecule is CCCCNC(=O)C1(O)c2ccccc2NC(=O)N1c1cccc(OC)c1. The maximum absolute atomic E-state index is 13.0. The van der Waals surface area contributed by atoms with Crippen LogP contribution in [0.1, 0.15) is 25.3 Å². The van der Waals surface area contributed by atoms with Crippen molar-refractivity contribution >= 4 is 23.3 Å². The third-order valence-corrected chi connectivity index (χ3v) is 4.51. The van der Waals surface area contributed by atoms with Crippen molar-refractivity contribution < 1.29 is 19.4 Å². The lowest BCUT2D eigenvalue weighted by Crippen LogP contribution is -2.62. The first kappa shape index (κ1) is 18.7. The van der Waals surface area contributed by atoms with Crippen LogP contribution in [0.5, 0.6) is 5.75 Å². The zero-order chi connectivity index (χ0) is 19.4. The first-order chi connectivity index (χ1) is 13.0. The minimum Gasteiger partial charge on any atom is -0.497 e. The van der Waals surface area contributed by atoms with E-state index in [1.54, 1.807) is 48.5 Å². The number of nitrogens with one attached hydrogen (secondary N) is 2. The van der Waals surface area contributed by atoms with Gasteiger partial charge in [-0.05, 0) is 24.6 Å². The van der Waals surface area contributed by atoms with E-state index in [1.165, 1.54) is 7.11 Å². The lowest BCUT2D eigenvalue weighted by molar-refractivity contribution is -0.140. The highest BCUT2D eigenvalue weighted by Crippen LogP contribution is 2.40. The predicted molar refractivity (Wildman–Crippen MR) is 103 cm³/mol. The van der Waals surface area contributed by atoms with Crippen LogP contribution in [0.25, 0.3) is 0 Å². The van der Waals surface area contributed by atoms with E-state index >= 15 is 0 Å². The number of fused-ring (bicyclic) bond motifs is 1. The molecule has 0 saturated carbocycles. The number of urea groups is 1. The van der Waals surface area contributed by atoms with Gasteiger partial charge in [0.1, 0.15) is 5.75 Å². The van der Waals surface area contributed by atoms with Crippen LogP contribution < -0.4 is 20.3 Å². The number of carbonyl (C=O) groups excluding carboxylic acids is 2. The molecule has 1 aliphatic rings. The Balaban J connectivity index is 2.11. The number of hydrogen-bond donors (Lipinski definition) is 3. The maximum Gasteiger partial charge on any atom is 0.329 e. The number of benzene rings is 2. The summed E-state index contributed by atoms with van der Waals surface area (Å²) in [6.07, 6.45) is 1.67. The van der Waals surface area contributed by atoms with Crippen LogP contribution in [-0.4, -0.2) is 30.7 Å². The summed E-state index contributed by atoms with van der Waals surface area (Å²) in [6.45, 7) is 2.42. The van der Waals surface area contributed by atoms with E-state index in [0.29, 0.717) is 29.2 Å². The van der Waals surface area contributed by atoms with Crippen molar-refractivity contribution in [1.29, 1.82) is 0 Å². The summed E-state index contributed by atoms with van der Waals surface area (Å²) in [5.74, 6) is -0.144. The van der Waals surface area contributed by atoms with E-state index in [1.807, 2.05) is 6.92 Å². The summed E-state index contributed by atoms with van der Waals surface area (Å²) in [4.78, 5) is 26.9. The van der Waals surface area contributed by atoms with Crippen LogP contribution in [0.15, 0.2) is 48.5 Å². The molecular weight excluding hydrogens is 346 g/mol. The molecular formula is C20H23N3O4. The Morgan fingerprint density at radius 3 is 2.78 bits per heavy atom. The number of carbonyl (C=O) groups is 2. The van der Waals surface area contributed by atoms with Gasteiger partial charge < -0.3 is 20.5 Å². The zero-order valence-electron chi connectivity index (χ0n) is 15.4. The van der Waals surface area contributed by atoms with Crippen molar-refractivity contribution in [2.75, 3.05) is 23.9 Å². The molecule has 1 aliphatic heterocycles. The molecule has 1 unspecified atom stereocenters. The number of nitrogens with zero attached hydrogens (tertiary/aromatic N) is 1. The number of anilines is 2. The van der Waals surface area contributed by atoms with Gasteiger partial charge in [-0.25, -0.2) is 4.79 Å². The van der Waals surface area contributed by atoms with Crippen LogP contribution in [0, 0.1) is 0 Å². The number of para-hydroxylation sites is 1. The molecule has 2 aromatic rings. The molecule has 1 atom stereocenters. The van der Waals surface area contributed by atoms with Crippen LogP contribution >= 0.6 is 0 Å². The Kier molecular flexibility index (Phi) is 5.32. The van der Waals surface area contributed by atoms with Gasteiger partial charge in [0.2, 0.25) is 0 Å². The molecule has 3 N–H and O–H groups in total. The number of aliphatic hydroxyl groups is 1. The maximum atomic E-state index is 13.0. The summed E-state index contributed by atoms with van der Waals surface area (Å²) >= 11 is 0. The summed E-state index contributed by atoms with van der Waals surface area (Å²) < 4.78 is 5.22. The number of hydrogen-bond acceptors (Lipinski definition) is 4. The highest BCUT2D eigenvalue weighted by molar-refractivity contribution is 6.11. The number of rotatable bonds is 6. The van der Waals surface area contributed by atoms with Crippen LogP contribution in [0.2, 0.25) is 0 Å². The average Bonchev–Trinajstić information content (AvgIpc) is 2.68. The van der Waals surface area contributed by atoms with E-state index in [0.717, 1.165) is 17.7 Å². The lowest BCUT2D eigenvalue weighted by atomic mass is 9.94. The molecule has 1 heterocycles. The second-order valence-corrected chi connectivity index (χ2v) is 6.29. The van der Waals surface area contributed by atoms with Gasteiger partial charge in [0, 0.05) is 18.2 Å². The smallest absolute Gasteiger partial charge is 0.329 e. The van der Waals surface area contributed by atoms with E-state index in [2.05, 4.69) is 10.6 Å². The van der Waals surface area contributed by atoms with Gasteiger partial charge in [0.05, 0.1) is 18.5 Å². The lowest BCUT2D eigenvalue weighted by Gasteiger charge is -2.42. The van der Waals surface area contributed by atoms with Crippen LogP contribution in [0.4, 0.5) is 16.2 Å². The van der Waals surface area contributed by atoms with Gasteiger partial charge in [0.25, 0.3) is 11.6 Å². The van der Waals surface area contributed by atoms with Gasteiger partial charge in [-0.1, -0.05) is 37.6 Å². The van der Waals surface area contributed by atoms with Gasteiger partial charge in [0.15, 0.2) is 0 Å². The Labute approximate surface area is 157 Å². The fourth-order valence-electron chi connectivity index (χ4n) is 3.11. The van der Waals surface area contributed by atoms with E-state index in [-0.39, 0.29) is 0 Å². The Bertz CT molecular complexity index is 855. The molecule has 0 aromatic heterocycles. The Morgan fingerprint density at radius 2 is 2.04 bits per heavy atom. The average molecular weight is 369 g/mol. The Hall–Kier alpha value is -3.06. The standard InChI is InChI=1S/C20H23N3O4/c1-3-4-12-21-18(24)20(26)16-10-5-6-11-17(16)22-19(25)23(20)14-8-7-9-15(13-14)27-2/h5-11,13,26H,3-4,12H2,1-2H3,(H,21,24)(H,22,25). The second-order valence-electron chi connectivity index (χ2n) is 6.29. The minimum absolute atomic E-state index is 0.307. The summed E-state index contributed by atoms with van der Waals surface area (Å²) in [6, 6.07) is 12.8. The predicted octanol–water partition coefficient (Wildman–Crippen LogP) is 2.81. The van der Waals surface area contributed by atoms with E-state index in [4.69, 9.17) is 4.74 Å². The second kappa shape index (κ2) is 7.67. The van der Waals surface area contributed by atoms with Crippen molar-refractivity contribution in [3.05, 3.63) is 54.1 Å². The molecule has 3 amide bonds. The monoisotopic (exact) mass is 369 g/mol. The van der Waals surface area contributed by atoms with Gasteiger partial charge >= 0.3 is 6.03 Å². The van der Waals surface area contributed by atoms with E-state index in [9.17, 15) is 14.7 Å². The number of unbranched alkanes of at least 4 members (excludes halogenated alkanes) is 1. The van der Waals surface area contributed by atoms with Gasteiger partial charge in [-0.2, -0.15) is 0 Å². The minimum atomic E-state index is -2.18. The normalized spacial score (nSPS) is 18.5. The topological polar surface area (TPSA) is 90.9 Å². The fraction of sp³-hybridized carbons (Fsp3) is 0.300. The van der Waals surface area contributed by atoms with Crippen molar-refractivity contribution in [3.8, 4) is 5.75 Å². The van der Waals surface area contributed by atoms with Crippen molar-refractivity contribution in [3.63, 3.8) is 0 Å². The highest BCUT2D eigenvalue weighted by atomic mass is 16.5. The first-order valence-electron chi connectivity index (χ1n) is 8.87. The molecule has 0 spiro atoms. The number of amides is 3. The molecule has 3 rings (SSSR count). The van der Waals surface area contributed by atoms with Crippen molar-refractivity contribution in [2.24, 2.45) is 0 Å². The third-order valence-electron chi connectivity index (χ3n) is 4.51. The molecule has 2 aromatic carbocycles. The van der Waals surface area contributed by atoms with Crippen LogP contribution in [-0.2, 0) is 10.5 Å². The number of ether oxygens (including phenoxy) is 1. The van der Waals surface area contributed by atoms with E-state index < -0.39 is 17.7 Å². The molecule has 27 heavy (non-hydrogen) atoms. The highest BCUT2D eigenvalue weighted by Gasteiger charge is 2.51. The summed E-state index contributed by atoms with van der Waals surface area (Å²) in [7, 11) is 1.51. The zero-order valence-corrected chi connectivity index (χ0v) is 15.4. The summed E-state index contributed by atoms with van der Waals surface area (Å²) in [5, 5.41) is 17.0. The fourth-order valence-corrected chi connectivity index (χ4v) is 3.11. The first-order valence-corrected chi connectivity index (χ1v) is 8.87. The van der Waals surface area contributed by atoms with Crippen molar-refractivity contribution in [1.82, 2.24) is 5.32 Å². The molecule has 0 fully saturated rings. The molecule has 0 saturated heterocycles. The molecule has 0 radical (unpaired) electrons. The largest absolute Gasteiger partial charge is 0.497 e. The molecule has 0 aliphatic carbocycles. The molecule has 142 valence electrons. The summed E-state index contributed by atoms with van der Waals surface area (Å²) in [5.41, 5.74) is -1.13. The Morgan fingerprint density at radius 1 is 1.26 bits per heavy atom. The quantitative estimate of drug-likeness (QED) is 0.683. The molecule has 0 bridgehead atoms. The molecule has 7 heteroatoms.